The molecule has 0 spiro atoms. The van der Waals surface area contributed by atoms with Crippen LogP contribution in [0.25, 0.3) is 11.0 Å². The zero-order valence-corrected chi connectivity index (χ0v) is 16.8. The Bertz CT molecular complexity index is 1060. The molecule has 10 heteroatoms. The fourth-order valence-corrected chi connectivity index (χ4v) is 5.94. The Morgan fingerprint density at radius 2 is 1.89 bits per heavy atom. The summed E-state index contributed by atoms with van der Waals surface area (Å²) in [5.74, 6) is -0.445. The zero-order valence-electron chi connectivity index (χ0n) is 14.4. The van der Waals surface area contributed by atoms with Crippen molar-refractivity contribution in [1.82, 2.24) is 19.0 Å². The lowest BCUT2D eigenvalue weighted by atomic mass is 10.00. The van der Waals surface area contributed by atoms with Crippen LogP contribution in [0.1, 0.15) is 45.8 Å². The number of rotatable bonds is 4. The SMILES string of the molecule is O=C(NNS(=O)(=O)c1cccc2nsnc12)c1cc2c(s1)CCCCCC2. The van der Waals surface area contributed by atoms with Crippen LogP contribution in [0.5, 0.6) is 0 Å². The van der Waals surface area contributed by atoms with Gasteiger partial charge in [-0.25, -0.2) is 8.42 Å². The first kappa shape index (κ1) is 18.5. The first-order valence-electron chi connectivity index (χ1n) is 8.69. The predicted octanol–water partition coefficient (Wildman–Crippen LogP) is 3.04. The molecule has 1 aromatic carbocycles. The van der Waals surface area contributed by atoms with Crippen LogP contribution < -0.4 is 10.3 Å². The van der Waals surface area contributed by atoms with E-state index in [4.69, 9.17) is 0 Å². The highest BCUT2D eigenvalue weighted by atomic mass is 32.2. The molecule has 1 aliphatic carbocycles. The number of nitrogens with one attached hydrogen (secondary N) is 2. The van der Waals surface area contributed by atoms with Gasteiger partial charge in [-0.2, -0.15) is 8.75 Å². The molecule has 4 rings (SSSR count). The van der Waals surface area contributed by atoms with Crippen LogP contribution in [-0.2, 0) is 22.9 Å². The second-order valence-electron chi connectivity index (χ2n) is 6.42. The molecule has 0 radical (unpaired) electrons. The highest BCUT2D eigenvalue weighted by molar-refractivity contribution is 7.89. The molecule has 7 nitrogen and oxygen atoms in total. The average molecular weight is 423 g/mol. The van der Waals surface area contributed by atoms with Gasteiger partial charge in [0.1, 0.15) is 15.9 Å². The minimum Gasteiger partial charge on any atom is -0.273 e. The third kappa shape index (κ3) is 3.88. The van der Waals surface area contributed by atoms with Gasteiger partial charge < -0.3 is 0 Å². The number of hydrazine groups is 1. The molecule has 0 atom stereocenters. The molecule has 1 amide bonds. The number of fused-ring (bicyclic) bond motifs is 2. The second kappa shape index (κ2) is 7.63. The van der Waals surface area contributed by atoms with Crippen molar-refractivity contribution in [1.29, 1.82) is 0 Å². The number of nitrogens with zero attached hydrogens (tertiary/aromatic N) is 2. The maximum absolute atomic E-state index is 12.6. The normalized spacial score (nSPS) is 15.1. The lowest BCUT2D eigenvalue weighted by molar-refractivity contribution is 0.0949. The van der Waals surface area contributed by atoms with Crippen molar-refractivity contribution in [2.75, 3.05) is 0 Å². The average Bonchev–Trinajstić information content (AvgIpc) is 3.26. The van der Waals surface area contributed by atoms with Gasteiger partial charge in [-0.3, -0.25) is 10.2 Å². The maximum atomic E-state index is 12.6. The molecule has 2 heterocycles. The van der Waals surface area contributed by atoms with Gasteiger partial charge in [0.2, 0.25) is 0 Å². The lowest BCUT2D eigenvalue weighted by Crippen LogP contribution is -2.41. The summed E-state index contributed by atoms with van der Waals surface area (Å²) in [4.78, 5) is 16.4. The number of thiophene rings is 1. The molecule has 0 fully saturated rings. The molecule has 0 unspecified atom stereocenters. The largest absolute Gasteiger partial charge is 0.276 e. The minimum atomic E-state index is -3.95. The Balaban J connectivity index is 1.50. The quantitative estimate of drug-likeness (QED) is 0.630. The Morgan fingerprint density at radius 3 is 2.74 bits per heavy atom. The van der Waals surface area contributed by atoms with E-state index in [1.54, 1.807) is 12.1 Å². The topological polar surface area (TPSA) is 101 Å². The molecule has 0 saturated carbocycles. The molecule has 27 heavy (non-hydrogen) atoms. The predicted molar refractivity (Wildman–Crippen MR) is 105 cm³/mol. The number of sulfonamides is 1. The molecule has 2 aromatic heterocycles. The summed E-state index contributed by atoms with van der Waals surface area (Å²) in [6, 6.07) is 6.62. The summed E-state index contributed by atoms with van der Waals surface area (Å²) in [5, 5.41) is 0. The second-order valence-corrected chi connectivity index (χ2v) is 9.74. The van der Waals surface area contributed by atoms with Crippen LogP contribution in [-0.4, -0.2) is 23.1 Å². The van der Waals surface area contributed by atoms with Crippen LogP contribution in [0.2, 0.25) is 0 Å². The van der Waals surface area contributed by atoms with E-state index in [1.807, 2.05) is 6.07 Å². The first-order valence-corrected chi connectivity index (χ1v) is 11.7. The van der Waals surface area contributed by atoms with E-state index in [-0.39, 0.29) is 4.90 Å². The van der Waals surface area contributed by atoms with Crippen LogP contribution >= 0.6 is 23.1 Å². The molecule has 0 saturated heterocycles. The van der Waals surface area contributed by atoms with Gasteiger partial charge in [0.25, 0.3) is 15.9 Å². The summed E-state index contributed by atoms with van der Waals surface area (Å²) in [6.07, 6.45) is 6.65. The number of aromatic nitrogens is 2. The molecule has 1 aliphatic rings. The lowest BCUT2D eigenvalue weighted by Gasteiger charge is -2.07. The van der Waals surface area contributed by atoms with E-state index in [0.717, 1.165) is 37.4 Å². The van der Waals surface area contributed by atoms with Gasteiger partial charge in [-0.05, 0) is 49.4 Å². The summed E-state index contributed by atoms with van der Waals surface area (Å²) >= 11 is 2.39. The van der Waals surface area contributed by atoms with E-state index < -0.39 is 15.9 Å². The third-order valence-corrected chi connectivity index (χ3v) is 7.62. The van der Waals surface area contributed by atoms with Crippen molar-refractivity contribution in [2.45, 2.75) is 43.4 Å². The van der Waals surface area contributed by atoms with Crippen LogP contribution in [0.15, 0.2) is 29.2 Å². The van der Waals surface area contributed by atoms with Crippen molar-refractivity contribution in [3.8, 4) is 0 Å². The Morgan fingerprint density at radius 1 is 1.07 bits per heavy atom. The van der Waals surface area contributed by atoms with Gasteiger partial charge >= 0.3 is 0 Å². The molecule has 142 valence electrons. The Hall–Kier alpha value is -1.88. The Kier molecular flexibility index (Phi) is 5.22. The molecule has 0 bridgehead atoms. The van der Waals surface area contributed by atoms with E-state index in [9.17, 15) is 13.2 Å². The number of amides is 1. The van der Waals surface area contributed by atoms with Crippen molar-refractivity contribution >= 4 is 50.0 Å². The number of hydrogen-bond acceptors (Lipinski definition) is 7. The van der Waals surface area contributed by atoms with Crippen molar-refractivity contribution in [3.63, 3.8) is 0 Å². The first-order chi connectivity index (χ1) is 13.0. The van der Waals surface area contributed by atoms with Gasteiger partial charge in [-0.15, -0.1) is 16.2 Å². The molecule has 2 N–H and O–H groups in total. The summed E-state index contributed by atoms with van der Waals surface area (Å²) in [6.45, 7) is 0. The number of benzene rings is 1. The highest BCUT2D eigenvalue weighted by Crippen LogP contribution is 2.28. The van der Waals surface area contributed by atoms with E-state index >= 15 is 0 Å². The standard InChI is InChI=1S/C17H18N4O3S3/c22-17(14-10-11-6-3-1-2-4-8-13(11)25-14)18-21-27(23,24)15-9-5-7-12-16(15)20-26-19-12/h5,7,9-10,21H,1-4,6,8H2,(H,18,22). The van der Waals surface area contributed by atoms with Gasteiger partial charge in [0, 0.05) is 4.88 Å². The molecular formula is C17H18N4O3S3. The van der Waals surface area contributed by atoms with E-state index in [1.165, 1.54) is 40.7 Å². The zero-order chi connectivity index (χ0) is 18.9. The van der Waals surface area contributed by atoms with E-state index in [0.29, 0.717) is 15.9 Å². The van der Waals surface area contributed by atoms with Crippen LogP contribution in [0.3, 0.4) is 0 Å². The van der Waals surface area contributed by atoms with Gasteiger partial charge in [-0.1, -0.05) is 18.9 Å². The Labute approximate surface area is 165 Å². The minimum absolute atomic E-state index is 0.00695. The van der Waals surface area contributed by atoms with Crippen LogP contribution in [0, 0.1) is 0 Å². The smallest absolute Gasteiger partial charge is 0.273 e. The third-order valence-electron chi connectivity index (χ3n) is 4.56. The number of hydrogen-bond donors (Lipinski definition) is 2. The highest BCUT2D eigenvalue weighted by Gasteiger charge is 2.22. The molecular weight excluding hydrogens is 404 g/mol. The monoisotopic (exact) mass is 422 g/mol. The molecule has 3 aromatic rings. The fraction of sp³-hybridized carbons (Fsp3) is 0.353. The number of carbonyl (C=O) groups excluding carboxylic acids is 1. The van der Waals surface area contributed by atoms with Crippen molar-refractivity contribution in [3.05, 3.63) is 39.6 Å². The molecule has 0 aliphatic heterocycles. The summed E-state index contributed by atoms with van der Waals surface area (Å²) < 4.78 is 33.2. The maximum Gasteiger partial charge on any atom is 0.276 e. The van der Waals surface area contributed by atoms with Crippen molar-refractivity contribution in [2.24, 2.45) is 0 Å². The summed E-state index contributed by atoms with van der Waals surface area (Å²) in [7, 11) is -3.95. The number of aryl methyl sites for hydroxylation is 2. The fourth-order valence-electron chi connectivity index (χ4n) is 3.18. The van der Waals surface area contributed by atoms with Gasteiger partial charge in [0.05, 0.1) is 16.6 Å². The summed E-state index contributed by atoms with van der Waals surface area (Å²) in [5.41, 5.74) is 4.34. The van der Waals surface area contributed by atoms with Crippen LogP contribution in [0.4, 0.5) is 0 Å². The number of carbonyl (C=O) groups is 1. The van der Waals surface area contributed by atoms with Gasteiger partial charge in [0.15, 0.2) is 0 Å². The van der Waals surface area contributed by atoms with E-state index in [2.05, 4.69) is 19.0 Å². The van der Waals surface area contributed by atoms with Crippen molar-refractivity contribution < 1.29 is 13.2 Å².